The van der Waals surface area contributed by atoms with Crippen molar-refractivity contribution in [3.8, 4) is 0 Å². The molecule has 2 N–H and O–H groups in total. The largest absolute Gasteiger partial charge is 0.384 e. The summed E-state index contributed by atoms with van der Waals surface area (Å²) in [5.41, 5.74) is 5.75. The normalized spacial score (nSPS) is 17.7. The molecular weight excluding hydrogens is 286 g/mol. The molecule has 0 bridgehead atoms. The molecule has 1 heterocycles. The van der Waals surface area contributed by atoms with Crippen LogP contribution in [0.15, 0.2) is 36.4 Å². The van der Waals surface area contributed by atoms with Gasteiger partial charge in [0.25, 0.3) is 0 Å². The van der Waals surface area contributed by atoms with E-state index in [0.717, 1.165) is 46.3 Å². The summed E-state index contributed by atoms with van der Waals surface area (Å²) in [5, 5.41) is 13.9. The average Bonchev–Trinajstić information content (AvgIpc) is 2.88. The number of benzene rings is 2. The zero-order valence-electron chi connectivity index (χ0n) is 13.9. The van der Waals surface area contributed by atoms with E-state index >= 15 is 0 Å². The van der Waals surface area contributed by atoms with Crippen LogP contribution >= 0.6 is 0 Å². The van der Waals surface area contributed by atoms with Crippen molar-refractivity contribution in [1.82, 2.24) is 0 Å². The van der Waals surface area contributed by atoms with Crippen molar-refractivity contribution in [1.29, 1.82) is 0 Å². The number of rotatable bonds is 4. The Labute approximate surface area is 137 Å². The zero-order valence-corrected chi connectivity index (χ0v) is 13.9. The van der Waals surface area contributed by atoms with Gasteiger partial charge in [-0.05, 0) is 36.5 Å². The van der Waals surface area contributed by atoms with Gasteiger partial charge in [-0.1, -0.05) is 55.8 Å². The lowest BCUT2D eigenvalue weighted by Crippen LogP contribution is -2.11. The fourth-order valence-corrected chi connectivity index (χ4v) is 3.37. The maximum absolute atomic E-state index is 12.2. The molecule has 1 aliphatic rings. The molecule has 0 radical (unpaired) electrons. The smallest absolute Gasteiger partial charge is 0.232 e. The zero-order chi connectivity index (χ0) is 16.6. The van der Waals surface area contributed by atoms with Crippen LogP contribution in [-0.2, 0) is 11.2 Å². The number of anilines is 1. The molecule has 0 saturated carbocycles. The van der Waals surface area contributed by atoms with E-state index < -0.39 is 6.10 Å². The summed E-state index contributed by atoms with van der Waals surface area (Å²) in [4.78, 5) is 12.2. The molecule has 2 aromatic carbocycles. The van der Waals surface area contributed by atoms with E-state index in [-0.39, 0.29) is 11.8 Å². The van der Waals surface area contributed by atoms with Crippen molar-refractivity contribution in [3.63, 3.8) is 0 Å². The van der Waals surface area contributed by atoms with E-state index in [4.69, 9.17) is 0 Å². The molecule has 120 valence electrons. The van der Waals surface area contributed by atoms with E-state index in [0.29, 0.717) is 0 Å². The maximum Gasteiger partial charge on any atom is 0.232 e. The Morgan fingerprint density at radius 2 is 2.00 bits per heavy atom. The molecule has 0 saturated heterocycles. The SMILES string of the molecule is CCc1cc2c(c(C(O)c3cccc(C)c3)c1)NC(=O)C2CC. The van der Waals surface area contributed by atoms with E-state index in [1.807, 2.05) is 44.2 Å². The molecule has 0 spiro atoms. The Bertz CT molecular complexity index is 751. The van der Waals surface area contributed by atoms with E-state index in [2.05, 4.69) is 18.3 Å². The molecule has 0 aromatic heterocycles. The number of fused-ring (bicyclic) bond motifs is 1. The second kappa shape index (κ2) is 6.17. The number of hydrogen-bond acceptors (Lipinski definition) is 2. The summed E-state index contributed by atoms with van der Waals surface area (Å²) < 4.78 is 0. The summed E-state index contributed by atoms with van der Waals surface area (Å²) in [6, 6.07) is 12.0. The lowest BCUT2D eigenvalue weighted by atomic mass is 9.90. The lowest BCUT2D eigenvalue weighted by Gasteiger charge is -2.18. The first kappa shape index (κ1) is 15.8. The molecule has 1 amide bonds. The number of carbonyl (C=O) groups excluding carboxylic acids is 1. The predicted octanol–water partition coefficient (Wildman–Crippen LogP) is 4.08. The number of hydrogen-bond donors (Lipinski definition) is 2. The summed E-state index contributed by atoms with van der Waals surface area (Å²) >= 11 is 0. The van der Waals surface area contributed by atoms with E-state index in [1.54, 1.807) is 0 Å². The molecule has 3 heteroatoms. The van der Waals surface area contributed by atoms with Gasteiger partial charge in [-0.15, -0.1) is 0 Å². The fourth-order valence-electron chi connectivity index (χ4n) is 3.37. The minimum atomic E-state index is -0.731. The van der Waals surface area contributed by atoms with Crippen molar-refractivity contribution in [2.75, 3.05) is 5.32 Å². The Morgan fingerprint density at radius 3 is 2.65 bits per heavy atom. The molecule has 3 rings (SSSR count). The van der Waals surface area contributed by atoms with Gasteiger partial charge in [0.1, 0.15) is 6.10 Å². The number of aliphatic hydroxyl groups is 1. The molecule has 2 unspecified atom stereocenters. The van der Waals surface area contributed by atoms with Gasteiger partial charge in [-0.25, -0.2) is 0 Å². The Hall–Kier alpha value is -2.13. The van der Waals surface area contributed by atoms with Crippen LogP contribution in [0.25, 0.3) is 0 Å². The summed E-state index contributed by atoms with van der Waals surface area (Å²) in [7, 11) is 0. The molecule has 2 aromatic rings. The first-order valence-corrected chi connectivity index (χ1v) is 8.27. The lowest BCUT2D eigenvalue weighted by molar-refractivity contribution is -0.117. The summed E-state index contributed by atoms with van der Waals surface area (Å²) in [6.45, 7) is 6.13. The quantitative estimate of drug-likeness (QED) is 0.894. The second-order valence-electron chi connectivity index (χ2n) is 6.27. The van der Waals surface area contributed by atoms with Crippen LogP contribution in [0.5, 0.6) is 0 Å². The van der Waals surface area contributed by atoms with Gasteiger partial charge in [0, 0.05) is 5.56 Å². The summed E-state index contributed by atoms with van der Waals surface area (Å²) in [5.74, 6) is -0.0756. The van der Waals surface area contributed by atoms with Gasteiger partial charge in [-0.2, -0.15) is 0 Å². The van der Waals surface area contributed by atoms with Gasteiger partial charge in [-0.3, -0.25) is 4.79 Å². The maximum atomic E-state index is 12.2. The van der Waals surface area contributed by atoms with Crippen LogP contribution < -0.4 is 5.32 Å². The van der Waals surface area contributed by atoms with Crippen LogP contribution in [0.1, 0.15) is 60.1 Å². The van der Waals surface area contributed by atoms with Crippen LogP contribution in [-0.4, -0.2) is 11.0 Å². The highest BCUT2D eigenvalue weighted by molar-refractivity contribution is 6.04. The highest BCUT2D eigenvalue weighted by Crippen LogP contribution is 2.41. The van der Waals surface area contributed by atoms with Crippen LogP contribution in [0.2, 0.25) is 0 Å². The minimum Gasteiger partial charge on any atom is -0.384 e. The first-order valence-electron chi connectivity index (χ1n) is 8.27. The standard InChI is InChI=1S/C20H23NO2/c1-4-13-10-16-15(5-2)20(23)21-18(16)17(11-13)19(22)14-8-6-7-12(3)9-14/h6-11,15,19,22H,4-5H2,1-3H3,(H,21,23). The third kappa shape index (κ3) is 2.77. The van der Waals surface area contributed by atoms with Crippen molar-refractivity contribution in [2.24, 2.45) is 0 Å². The van der Waals surface area contributed by atoms with Crippen LogP contribution in [0, 0.1) is 6.92 Å². The van der Waals surface area contributed by atoms with Gasteiger partial charge in [0.15, 0.2) is 0 Å². The average molecular weight is 309 g/mol. The van der Waals surface area contributed by atoms with Crippen molar-refractivity contribution in [3.05, 3.63) is 64.2 Å². The third-order valence-corrected chi connectivity index (χ3v) is 4.67. The van der Waals surface area contributed by atoms with Crippen LogP contribution in [0.3, 0.4) is 0 Å². The number of aryl methyl sites for hydroxylation is 2. The molecule has 3 nitrogen and oxygen atoms in total. The number of carbonyl (C=O) groups is 1. The van der Waals surface area contributed by atoms with Crippen molar-refractivity contribution in [2.45, 2.75) is 45.6 Å². The second-order valence-corrected chi connectivity index (χ2v) is 6.27. The van der Waals surface area contributed by atoms with Crippen molar-refractivity contribution < 1.29 is 9.90 Å². The Balaban J connectivity index is 2.13. The first-order chi connectivity index (χ1) is 11.0. The highest BCUT2D eigenvalue weighted by atomic mass is 16.3. The van der Waals surface area contributed by atoms with Gasteiger partial charge < -0.3 is 10.4 Å². The molecule has 2 atom stereocenters. The van der Waals surface area contributed by atoms with E-state index in [1.165, 1.54) is 0 Å². The Kier molecular flexibility index (Phi) is 4.22. The Morgan fingerprint density at radius 1 is 1.22 bits per heavy atom. The van der Waals surface area contributed by atoms with Gasteiger partial charge in [0.2, 0.25) is 5.91 Å². The van der Waals surface area contributed by atoms with Crippen LogP contribution in [0.4, 0.5) is 5.69 Å². The van der Waals surface area contributed by atoms with Gasteiger partial charge in [0.05, 0.1) is 11.6 Å². The molecule has 0 fully saturated rings. The molecule has 0 aliphatic carbocycles. The highest BCUT2D eigenvalue weighted by Gasteiger charge is 2.33. The van der Waals surface area contributed by atoms with E-state index in [9.17, 15) is 9.90 Å². The van der Waals surface area contributed by atoms with Crippen molar-refractivity contribution >= 4 is 11.6 Å². The van der Waals surface area contributed by atoms with Gasteiger partial charge >= 0.3 is 0 Å². The topological polar surface area (TPSA) is 49.3 Å². The minimum absolute atomic E-state index is 0.0356. The molecule has 23 heavy (non-hydrogen) atoms. The summed E-state index contributed by atoms with van der Waals surface area (Å²) in [6.07, 6.45) is 0.920. The number of amides is 1. The molecule has 1 aliphatic heterocycles. The monoisotopic (exact) mass is 309 g/mol. The number of nitrogens with one attached hydrogen (secondary N) is 1. The predicted molar refractivity (Wildman–Crippen MR) is 92.7 cm³/mol. The third-order valence-electron chi connectivity index (χ3n) is 4.67. The molecular formula is C20H23NO2. The fraction of sp³-hybridized carbons (Fsp3) is 0.350. The number of aliphatic hydroxyl groups excluding tert-OH is 1.